The molecule has 0 unspecified atom stereocenters. The highest BCUT2D eigenvalue weighted by atomic mass is 32.1. The van der Waals surface area contributed by atoms with Crippen molar-refractivity contribution in [2.24, 2.45) is 0 Å². The minimum atomic E-state index is 1.15. The van der Waals surface area contributed by atoms with Gasteiger partial charge < -0.3 is 4.57 Å². The van der Waals surface area contributed by atoms with Gasteiger partial charge in [0.05, 0.1) is 22.1 Å². The van der Waals surface area contributed by atoms with Crippen molar-refractivity contribution in [1.29, 1.82) is 0 Å². The Labute approximate surface area is 321 Å². The first-order chi connectivity index (χ1) is 27.3. The third kappa shape index (κ3) is 4.60. The third-order valence-corrected chi connectivity index (χ3v) is 12.6. The van der Waals surface area contributed by atoms with Crippen LogP contribution in [0.4, 0.5) is 0 Å². The summed E-state index contributed by atoms with van der Waals surface area (Å²) in [5.74, 6) is 0. The predicted molar refractivity (Wildman–Crippen MR) is 235 cm³/mol. The maximum Gasteiger partial charge on any atom is 0.109 e. The van der Waals surface area contributed by atoms with E-state index in [-0.39, 0.29) is 0 Å². The Bertz CT molecular complexity index is 3350. The molecule has 0 aliphatic carbocycles. The molecule has 3 heteroatoms. The fourth-order valence-corrected chi connectivity index (χ4v) is 10.1. The van der Waals surface area contributed by atoms with E-state index in [0.717, 1.165) is 5.69 Å². The second kappa shape index (κ2) is 11.8. The first kappa shape index (κ1) is 30.5. The van der Waals surface area contributed by atoms with Crippen LogP contribution in [0.25, 0.3) is 109 Å². The lowest BCUT2D eigenvalue weighted by Crippen LogP contribution is -1.96. The van der Waals surface area contributed by atoms with Crippen molar-refractivity contribution >= 4 is 70.6 Å². The molecule has 55 heavy (non-hydrogen) atoms. The fraction of sp³-hybridized carbons (Fsp3) is 0. The number of fused-ring (bicyclic) bond motifs is 9. The van der Waals surface area contributed by atoms with Gasteiger partial charge in [0.2, 0.25) is 0 Å². The van der Waals surface area contributed by atoms with Crippen LogP contribution in [0, 0.1) is 0 Å². The zero-order valence-corrected chi connectivity index (χ0v) is 30.6. The summed E-state index contributed by atoms with van der Waals surface area (Å²) in [5.41, 5.74) is 14.7. The smallest absolute Gasteiger partial charge is 0.109 e. The maximum absolute atomic E-state index is 2.50. The van der Waals surface area contributed by atoms with Gasteiger partial charge in [0.15, 0.2) is 0 Å². The van der Waals surface area contributed by atoms with Gasteiger partial charge in [0.1, 0.15) is 4.83 Å². The number of aromatic nitrogens is 2. The zero-order chi connectivity index (χ0) is 36.0. The van der Waals surface area contributed by atoms with E-state index in [4.69, 9.17) is 0 Å². The van der Waals surface area contributed by atoms with Gasteiger partial charge in [-0.1, -0.05) is 133 Å². The molecule has 0 aliphatic heterocycles. The van der Waals surface area contributed by atoms with E-state index in [1.165, 1.54) is 103 Å². The summed E-state index contributed by atoms with van der Waals surface area (Å²) in [7, 11) is 0. The molecule has 0 aliphatic rings. The van der Waals surface area contributed by atoms with Crippen molar-refractivity contribution in [3.8, 4) is 49.5 Å². The minimum absolute atomic E-state index is 1.15. The van der Waals surface area contributed by atoms with E-state index >= 15 is 0 Å². The molecular formula is C52H32N2S. The Morgan fingerprint density at radius 2 is 0.818 bits per heavy atom. The summed E-state index contributed by atoms with van der Waals surface area (Å²) < 4.78 is 4.95. The van der Waals surface area contributed by atoms with Crippen molar-refractivity contribution in [2.45, 2.75) is 0 Å². The van der Waals surface area contributed by atoms with Gasteiger partial charge in [-0.2, -0.15) is 0 Å². The SMILES string of the molecule is c1ccc(-c2cc(-c3ccccc3)cc(-n3c4ccccc4c4cc(-c5cc6c7ccccc7n7c8sc(-c9ccccc9)cc8c(c5)c67)ccc43)c2)cc1. The molecule has 0 radical (unpaired) electrons. The highest BCUT2D eigenvalue weighted by Crippen LogP contribution is 2.46. The van der Waals surface area contributed by atoms with Gasteiger partial charge in [-0.05, 0) is 99.6 Å². The highest BCUT2D eigenvalue weighted by molar-refractivity contribution is 7.22. The number of para-hydroxylation sites is 2. The lowest BCUT2D eigenvalue weighted by atomic mass is 9.97. The van der Waals surface area contributed by atoms with E-state index in [2.05, 4.69) is 203 Å². The average molecular weight is 717 g/mol. The molecule has 0 atom stereocenters. The van der Waals surface area contributed by atoms with E-state index in [0.29, 0.717) is 0 Å². The molecule has 4 aromatic heterocycles. The summed E-state index contributed by atoms with van der Waals surface area (Å²) >= 11 is 1.89. The largest absolute Gasteiger partial charge is 0.309 e. The molecule has 0 bridgehead atoms. The summed E-state index contributed by atoms with van der Waals surface area (Å²) in [6.07, 6.45) is 0. The van der Waals surface area contributed by atoms with Crippen LogP contribution in [-0.4, -0.2) is 8.97 Å². The van der Waals surface area contributed by atoms with Crippen LogP contribution in [0.3, 0.4) is 0 Å². The number of benzene rings is 8. The lowest BCUT2D eigenvalue weighted by molar-refractivity contribution is 1.18. The quantitative estimate of drug-likeness (QED) is 0.168. The molecule has 12 aromatic rings. The van der Waals surface area contributed by atoms with Crippen molar-refractivity contribution in [3.05, 3.63) is 194 Å². The standard InChI is InChI=1S/C52H32N2S/c1-4-14-33(15-5-1)37-26-38(34-16-6-2-7-17-34)28-40(27-37)53-47-22-12-10-20-41(47)43-29-36(24-25-49(43)53)39-30-44-42-21-11-13-23-48(42)54-51(44)45(31-39)46-32-50(55-52(46)54)35-18-8-3-9-19-35/h1-32H. The first-order valence-corrected chi connectivity index (χ1v) is 19.7. The topological polar surface area (TPSA) is 9.34 Å². The van der Waals surface area contributed by atoms with Crippen molar-refractivity contribution in [2.75, 3.05) is 0 Å². The molecule has 0 N–H and O–H groups in total. The number of hydrogen-bond acceptors (Lipinski definition) is 1. The number of thiophene rings is 1. The van der Waals surface area contributed by atoms with Gasteiger partial charge in [-0.25, -0.2) is 0 Å². The molecule has 0 saturated heterocycles. The van der Waals surface area contributed by atoms with E-state index in [1.807, 2.05) is 11.3 Å². The van der Waals surface area contributed by atoms with Gasteiger partial charge in [0, 0.05) is 42.9 Å². The summed E-state index contributed by atoms with van der Waals surface area (Å²) in [6, 6.07) is 71.3. The molecule has 0 spiro atoms. The van der Waals surface area contributed by atoms with Crippen LogP contribution in [0.1, 0.15) is 0 Å². The summed E-state index contributed by atoms with van der Waals surface area (Å²) in [4.78, 5) is 2.61. The monoisotopic (exact) mass is 716 g/mol. The Morgan fingerprint density at radius 1 is 0.309 bits per heavy atom. The van der Waals surface area contributed by atoms with Crippen LogP contribution in [0.15, 0.2) is 194 Å². The van der Waals surface area contributed by atoms with Gasteiger partial charge in [0.25, 0.3) is 0 Å². The normalized spacial score (nSPS) is 12.0. The molecule has 256 valence electrons. The Balaban J connectivity index is 1.09. The van der Waals surface area contributed by atoms with Crippen molar-refractivity contribution in [3.63, 3.8) is 0 Å². The number of rotatable bonds is 5. The van der Waals surface area contributed by atoms with Crippen LogP contribution in [0.2, 0.25) is 0 Å². The predicted octanol–water partition coefficient (Wildman–Crippen LogP) is 14.7. The highest BCUT2D eigenvalue weighted by Gasteiger charge is 2.22. The molecule has 0 saturated carbocycles. The Kier molecular flexibility index (Phi) is 6.54. The van der Waals surface area contributed by atoms with Crippen LogP contribution >= 0.6 is 11.3 Å². The van der Waals surface area contributed by atoms with Crippen LogP contribution in [-0.2, 0) is 0 Å². The summed E-state index contributed by atoms with van der Waals surface area (Å²) in [6.45, 7) is 0. The van der Waals surface area contributed by atoms with Crippen LogP contribution < -0.4 is 0 Å². The zero-order valence-electron chi connectivity index (χ0n) is 29.8. The van der Waals surface area contributed by atoms with E-state index in [1.54, 1.807) is 0 Å². The fourth-order valence-electron chi connectivity index (χ4n) is 8.93. The lowest BCUT2D eigenvalue weighted by Gasteiger charge is -2.14. The van der Waals surface area contributed by atoms with Gasteiger partial charge >= 0.3 is 0 Å². The van der Waals surface area contributed by atoms with Crippen molar-refractivity contribution < 1.29 is 0 Å². The second-order valence-corrected chi connectivity index (χ2v) is 15.6. The third-order valence-electron chi connectivity index (χ3n) is 11.4. The first-order valence-electron chi connectivity index (χ1n) is 18.8. The molecule has 2 nitrogen and oxygen atoms in total. The average Bonchev–Trinajstić information content (AvgIpc) is 4.01. The summed E-state index contributed by atoms with van der Waals surface area (Å²) in [5, 5.41) is 7.74. The molecule has 8 aromatic carbocycles. The Morgan fingerprint density at radius 3 is 1.49 bits per heavy atom. The molecular weight excluding hydrogens is 685 g/mol. The molecule has 0 amide bonds. The van der Waals surface area contributed by atoms with Crippen molar-refractivity contribution in [1.82, 2.24) is 8.97 Å². The minimum Gasteiger partial charge on any atom is -0.309 e. The van der Waals surface area contributed by atoms with E-state index < -0.39 is 0 Å². The molecule has 0 fully saturated rings. The van der Waals surface area contributed by atoms with Gasteiger partial charge in [-0.3, -0.25) is 4.40 Å². The molecule has 12 rings (SSSR count). The second-order valence-electron chi connectivity index (χ2n) is 14.6. The molecule has 4 heterocycles. The van der Waals surface area contributed by atoms with Crippen LogP contribution in [0.5, 0.6) is 0 Å². The van der Waals surface area contributed by atoms with E-state index in [9.17, 15) is 0 Å². The van der Waals surface area contributed by atoms with Gasteiger partial charge in [-0.15, -0.1) is 11.3 Å². The maximum atomic E-state index is 2.50. The number of nitrogens with zero attached hydrogens (tertiary/aromatic N) is 2. The number of hydrogen-bond donors (Lipinski definition) is 0. The Hall–Kier alpha value is -6.94.